The lowest BCUT2D eigenvalue weighted by molar-refractivity contribution is -0.139. The quantitative estimate of drug-likeness (QED) is 0.872. The number of hydrogen-bond acceptors (Lipinski definition) is 3. The highest BCUT2D eigenvalue weighted by molar-refractivity contribution is 6.31. The fourth-order valence-electron chi connectivity index (χ4n) is 1.75. The van der Waals surface area contributed by atoms with Gasteiger partial charge in [-0.25, -0.2) is 9.59 Å². The number of carboxylic acid groups (broad SMARTS) is 1. The van der Waals surface area contributed by atoms with Gasteiger partial charge >= 0.3 is 12.0 Å². The highest BCUT2D eigenvalue weighted by Crippen LogP contribution is 2.23. The van der Waals surface area contributed by atoms with Crippen LogP contribution in [0.15, 0.2) is 24.3 Å². The Balaban J connectivity index is 2.86. The second kappa shape index (κ2) is 7.50. The van der Waals surface area contributed by atoms with Crippen LogP contribution in [0.3, 0.4) is 0 Å². The topological polar surface area (TPSA) is 93.4 Å². The average molecular weight is 310 g/mol. The summed E-state index contributed by atoms with van der Waals surface area (Å²) in [6, 6.07) is 6.60. The first kappa shape index (κ1) is 16.8. The Morgan fingerprint density at radius 3 is 2.62 bits per heavy atom. The van der Waals surface area contributed by atoms with Gasteiger partial charge in [-0.05, 0) is 13.0 Å². The minimum Gasteiger partial charge on any atom is -0.479 e. The van der Waals surface area contributed by atoms with Crippen molar-refractivity contribution in [2.24, 2.45) is 5.92 Å². The van der Waals surface area contributed by atoms with Crippen molar-refractivity contribution in [3.63, 3.8) is 0 Å². The Hall–Kier alpha value is -2.26. The molecular formula is C14H16ClN3O3. The molecule has 112 valence electrons. The molecule has 0 aliphatic heterocycles. The smallest absolute Gasteiger partial charge is 0.331 e. The van der Waals surface area contributed by atoms with Crippen LogP contribution in [0.5, 0.6) is 0 Å². The van der Waals surface area contributed by atoms with Gasteiger partial charge in [0.2, 0.25) is 0 Å². The number of carbonyl (C=O) groups is 2. The molecule has 0 saturated heterocycles. The number of urea groups is 1. The molecule has 0 bridgehead atoms. The first-order valence-corrected chi connectivity index (χ1v) is 6.63. The molecule has 0 fully saturated rings. The lowest BCUT2D eigenvalue weighted by Gasteiger charge is -2.22. The van der Waals surface area contributed by atoms with E-state index in [1.165, 1.54) is 11.9 Å². The summed E-state index contributed by atoms with van der Waals surface area (Å²) < 4.78 is 0. The molecule has 0 aliphatic rings. The zero-order valence-corrected chi connectivity index (χ0v) is 12.5. The summed E-state index contributed by atoms with van der Waals surface area (Å²) in [6.07, 6.45) is 0. The molecule has 1 unspecified atom stereocenters. The number of nitrogens with one attached hydrogen (secondary N) is 1. The zero-order valence-electron chi connectivity index (χ0n) is 11.7. The Kier molecular flexibility index (Phi) is 6.00. The minimum atomic E-state index is -1.24. The molecule has 0 radical (unpaired) electrons. The third-order valence-electron chi connectivity index (χ3n) is 2.85. The Morgan fingerprint density at radius 2 is 2.10 bits per heavy atom. The Bertz CT molecular complexity index is 571. The predicted octanol–water partition coefficient (Wildman–Crippen LogP) is 2.27. The van der Waals surface area contributed by atoms with Crippen LogP contribution >= 0.6 is 11.6 Å². The van der Waals surface area contributed by atoms with Gasteiger partial charge < -0.3 is 15.3 Å². The largest absolute Gasteiger partial charge is 0.479 e. The minimum absolute atomic E-state index is 0.206. The number of aliphatic carboxylic acids is 1. The Morgan fingerprint density at radius 1 is 1.48 bits per heavy atom. The fourth-order valence-corrected chi connectivity index (χ4v) is 1.99. The molecule has 2 atom stereocenters. The van der Waals surface area contributed by atoms with Gasteiger partial charge in [0, 0.05) is 24.2 Å². The van der Waals surface area contributed by atoms with Gasteiger partial charge in [-0.2, -0.15) is 5.26 Å². The number of halogens is 1. The number of benzene rings is 1. The molecule has 6 nitrogen and oxygen atoms in total. The summed E-state index contributed by atoms with van der Waals surface area (Å²) in [7, 11) is 1.49. The highest BCUT2D eigenvalue weighted by atomic mass is 35.5. The lowest BCUT2D eigenvalue weighted by Crippen LogP contribution is -2.43. The lowest BCUT2D eigenvalue weighted by atomic mass is 10.1. The molecule has 2 N–H and O–H groups in total. The van der Waals surface area contributed by atoms with Crippen LogP contribution in [0.4, 0.5) is 4.79 Å². The molecule has 1 aromatic carbocycles. The van der Waals surface area contributed by atoms with E-state index < -0.39 is 18.0 Å². The first-order chi connectivity index (χ1) is 9.86. The molecule has 7 heteroatoms. The number of nitriles is 1. The molecular weight excluding hydrogens is 294 g/mol. The molecule has 21 heavy (non-hydrogen) atoms. The van der Waals surface area contributed by atoms with E-state index in [1.807, 2.05) is 6.07 Å². The van der Waals surface area contributed by atoms with Gasteiger partial charge in [-0.3, -0.25) is 0 Å². The van der Waals surface area contributed by atoms with E-state index in [4.69, 9.17) is 16.9 Å². The van der Waals surface area contributed by atoms with Crippen molar-refractivity contribution in [2.45, 2.75) is 13.0 Å². The molecule has 2 amide bonds. The van der Waals surface area contributed by atoms with Gasteiger partial charge in [-0.1, -0.05) is 29.8 Å². The van der Waals surface area contributed by atoms with Crippen molar-refractivity contribution >= 4 is 23.6 Å². The Labute approximate surface area is 127 Å². The SMILES string of the molecule is CC(C#N)CN(C)C(=O)N[C@@H](C(=O)O)c1ccccc1Cl. The van der Waals surface area contributed by atoms with Crippen molar-refractivity contribution in [3.05, 3.63) is 34.9 Å². The van der Waals surface area contributed by atoms with E-state index >= 15 is 0 Å². The van der Waals surface area contributed by atoms with E-state index in [1.54, 1.807) is 31.2 Å². The molecule has 0 aromatic heterocycles. The molecule has 1 rings (SSSR count). The molecule has 0 spiro atoms. The van der Waals surface area contributed by atoms with Crippen molar-refractivity contribution in [1.82, 2.24) is 10.2 Å². The first-order valence-electron chi connectivity index (χ1n) is 6.25. The number of rotatable bonds is 5. The standard InChI is InChI=1S/C14H16ClN3O3/c1-9(7-16)8-18(2)14(21)17-12(13(19)20)10-5-3-4-6-11(10)15/h3-6,9,12H,8H2,1-2H3,(H,17,21)(H,19,20)/t9?,12-/m1/s1. The van der Waals surface area contributed by atoms with Crippen molar-refractivity contribution in [3.8, 4) is 6.07 Å². The summed E-state index contributed by atoms with van der Waals surface area (Å²) in [5.74, 6) is -1.55. The van der Waals surface area contributed by atoms with Gasteiger partial charge in [0.25, 0.3) is 0 Å². The summed E-state index contributed by atoms with van der Waals surface area (Å²) in [5.41, 5.74) is 0.307. The fraction of sp³-hybridized carbons (Fsp3) is 0.357. The zero-order chi connectivity index (χ0) is 16.0. The summed E-state index contributed by atoms with van der Waals surface area (Å²) in [6.45, 7) is 1.88. The third kappa shape index (κ3) is 4.65. The maximum Gasteiger partial charge on any atom is 0.331 e. The molecule has 1 aromatic rings. The van der Waals surface area contributed by atoms with E-state index in [0.29, 0.717) is 5.56 Å². The summed E-state index contributed by atoms with van der Waals surface area (Å²) in [5, 5.41) is 20.7. The van der Waals surface area contributed by atoms with Gasteiger partial charge in [0.1, 0.15) is 0 Å². The van der Waals surface area contributed by atoms with Gasteiger partial charge in [0.05, 0.1) is 12.0 Å². The number of nitrogens with zero attached hydrogens (tertiary/aromatic N) is 2. The van der Waals surface area contributed by atoms with Crippen LogP contribution in [0.1, 0.15) is 18.5 Å². The monoisotopic (exact) mass is 309 g/mol. The van der Waals surface area contributed by atoms with Crippen LogP contribution in [0, 0.1) is 17.2 Å². The number of carboxylic acids is 1. The number of carbonyl (C=O) groups excluding carboxylic acids is 1. The number of amides is 2. The maximum atomic E-state index is 12.0. The van der Waals surface area contributed by atoms with E-state index in [0.717, 1.165) is 0 Å². The van der Waals surface area contributed by atoms with Crippen LogP contribution in [-0.2, 0) is 4.79 Å². The summed E-state index contributed by atoms with van der Waals surface area (Å²) in [4.78, 5) is 24.6. The second-order valence-electron chi connectivity index (χ2n) is 4.65. The van der Waals surface area contributed by atoms with Crippen molar-refractivity contribution < 1.29 is 14.7 Å². The van der Waals surface area contributed by atoms with Crippen LogP contribution in [0.25, 0.3) is 0 Å². The molecule has 0 heterocycles. The van der Waals surface area contributed by atoms with Crippen molar-refractivity contribution in [2.75, 3.05) is 13.6 Å². The van der Waals surface area contributed by atoms with Gasteiger partial charge in [0.15, 0.2) is 6.04 Å². The van der Waals surface area contributed by atoms with E-state index in [-0.39, 0.29) is 17.5 Å². The number of hydrogen-bond donors (Lipinski definition) is 2. The van der Waals surface area contributed by atoms with Crippen molar-refractivity contribution in [1.29, 1.82) is 5.26 Å². The second-order valence-corrected chi connectivity index (χ2v) is 5.06. The van der Waals surface area contributed by atoms with Crippen LogP contribution in [0.2, 0.25) is 5.02 Å². The summed E-state index contributed by atoms with van der Waals surface area (Å²) >= 11 is 5.96. The molecule has 0 saturated carbocycles. The molecule has 0 aliphatic carbocycles. The van der Waals surface area contributed by atoms with E-state index in [2.05, 4.69) is 5.32 Å². The third-order valence-corrected chi connectivity index (χ3v) is 3.19. The van der Waals surface area contributed by atoms with Crippen LogP contribution < -0.4 is 5.32 Å². The van der Waals surface area contributed by atoms with Crippen LogP contribution in [-0.4, -0.2) is 35.6 Å². The van der Waals surface area contributed by atoms with E-state index in [9.17, 15) is 14.7 Å². The van der Waals surface area contributed by atoms with Gasteiger partial charge in [-0.15, -0.1) is 0 Å². The average Bonchev–Trinajstić information content (AvgIpc) is 2.44. The highest BCUT2D eigenvalue weighted by Gasteiger charge is 2.25. The normalized spacial score (nSPS) is 12.9. The predicted molar refractivity (Wildman–Crippen MR) is 77.8 cm³/mol. The maximum absolute atomic E-state index is 12.0.